The molecule has 0 fully saturated rings. The lowest BCUT2D eigenvalue weighted by Crippen LogP contribution is -2.36. The van der Waals surface area contributed by atoms with Crippen LogP contribution in [0, 0.1) is 0 Å². The van der Waals surface area contributed by atoms with Crippen molar-refractivity contribution < 1.29 is 0 Å². The largest absolute Gasteiger partial charge is 0.296 e. The lowest BCUT2D eigenvalue weighted by Gasteiger charge is -2.27. The number of hydrogen-bond donors (Lipinski definition) is 0. The zero-order valence-electron chi connectivity index (χ0n) is 9.90. The average Bonchev–Trinajstić information content (AvgIpc) is 2.30. The van der Waals surface area contributed by atoms with Crippen LogP contribution >= 0.6 is 11.6 Å². The maximum Gasteiger partial charge on any atom is 0.0351 e. The summed E-state index contributed by atoms with van der Waals surface area (Å²) in [6.45, 7) is 7.85. The Bertz CT molecular complexity index is 297. The highest BCUT2D eigenvalue weighted by atomic mass is 35.5. The van der Waals surface area contributed by atoms with Crippen LogP contribution in [-0.2, 0) is 6.42 Å². The van der Waals surface area contributed by atoms with E-state index < -0.39 is 0 Å². The van der Waals surface area contributed by atoms with Gasteiger partial charge in [-0.3, -0.25) is 4.90 Å². The van der Waals surface area contributed by atoms with Crippen molar-refractivity contribution in [3.8, 4) is 0 Å². The van der Waals surface area contributed by atoms with Gasteiger partial charge in [-0.25, -0.2) is 0 Å². The van der Waals surface area contributed by atoms with Gasteiger partial charge in [0, 0.05) is 25.0 Å². The third-order valence-corrected chi connectivity index (χ3v) is 2.90. The fourth-order valence-electron chi connectivity index (χ4n) is 1.85. The van der Waals surface area contributed by atoms with Crippen LogP contribution in [0.15, 0.2) is 43.0 Å². The standard InChI is InChI=1S/C14H20ClN/c1-3-10-16(11-9-15)13(2)12-14-7-5-4-6-8-14/h3-8,13H,1,9-12H2,2H3/t13-/m1/s1. The molecule has 0 amide bonds. The second kappa shape index (κ2) is 7.48. The van der Waals surface area contributed by atoms with Crippen LogP contribution in [0.2, 0.25) is 0 Å². The summed E-state index contributed by atoms with van der Waals surface area (Å²) in [6, 6.07) is 11.1. The zero-order chi connectivity index (χ0) is 11.8. The third kappa shape index (κ3) is 4.38. The van der Waals surface area contributed by atoms with Gasteiger partial charge in [-0.05, 0) is 18.9 Å². The van der Waals surface area contributed by atoms with E-state index in [2.05, 4.69) is 48.7 Å². The van der Waals surface area contributed by atoms with Gasteiger partial charge in [0.25, 0.3) is 0 Å². The Morgan fingerprint density at radius 3 is 2.62 bits per heavy atom. The minimum absolute atomic E-state index is 0.499. The summed E-state index contributed by atoms with van der Waals surface area (Å²) < 4.78 is 0. The minimum atomic E-state index is 0.499. The van der Waals surface area contributed by atoms with Crippen LogP contribution in [0.3, 0.4) is 0 Å². The van der Waals surface area contributed by atoms with Crippen LogP contribution in [0.5, 0.6) is 0 Å². The molecule has 88 valence electrons. The highest BCUT2D eigenvalue weighted by molar-refractivity contribution is 6.18. The van der Waals surface area contributed by atoms with Crippen LogP contribution < -0.4 is 0 Å². The Balaban J connectivity index is 2.54. The monoisotopic (exact) mass is 237 g/mol. The van der Waals surface area contributed by atoms with E-state index in [0.717, 1.165) is 19.5 Å². The van der Waals surface area contributed by atoms with Crippen molar-refractivity contribution in [3.63, 3.8) is 0 Å². The molecule has 0 saturated carbocycles. The quantitative estimate of drug-likeness (QED) is 0.519. The normalized spacial score (nSPS) is 12.7. The lowest BCUT2D eigenvalue weighted by molar-refractivity contribution is 0.244. The second-order valence-electron chi connectivity index (χ2n) is 4.01. The minimum Gasteiger partial charge on any atom is -0.296 e. The zero-order valence-corrected chi connectivity index (χ0v) is 10.7. The van der Waals surface area contributed by atoms with Crippen LogP contribution in [0.25, 0.3) is 0 Å². The van der Waals surface area contributed by atoms with Gasteiger partial charge in [-0.15, -0.1) is 18.2 Å². The van der Waals surface area contributed by atoms with Gasteiger partial charge in [0.15, 0.2) is 0 Å². The molecule has 1 nitrogen and oxygen atoms in total. The molecular formula is C14H20ClN. The first-order chi connectivity index (χ1) is 7.77. The summed E-state index contributed by atoms with van der Waals surface area (Å²) in [5.74, 6) is 0.674. The Morgan fingerprint density at radius 1 is 1.38 bits per heavy atom. The van der Waals surface area contributed by atoms with Crippen molar-refractivity contribution in [1.82, 2.24) is 4.90 Å². The Morgan fingerprint density at radius 2 is 2.06 bits per heavy atom. The van der Waals surface area contributed by atoms with Crippen molar-refractivity contribution >= 4 is 11.6 Å². The highest BCUT2D eigenvalue weighted by Gasteiger charge is 2.11. The summed E-state index contributed by atoms with van der Waals surface area (Å²) in [5.41, 5.74) is 1.37. The predicted octanol–water partition coefficient (Wildman–Crippen LogP) is 3.34. The molecule has 0 N–H and O–H groups in total. The lowest BCUT2D eigenvalue weighted by atomic mass is 10.1. The van der Waals surface area contributed by atoms with Crippen molar-refractivity contribution in [1.29, 1.82) is 0 Å². The summed E-state index contributed by atoms with van der Waals surface area (Å²) in [4.78, 5) is 2.35. The molecule has 0 aliphatic carbocycles. The van der Waals surface area contributed by atoms with Gasteiger partial charge in [-0.1, -0.05) is 36.4 Å². The first kappa shape index (κ1) is 13.3. The molecule has 1 aromatic rings. The van der Waals surface area contributed by atoms with Crippen molar-refractivity contribution in [2.45, 2.75) is 19.4 Å². The Hall–Kier alpha value is -0.790. The van der Waals surface area contributed by atoms with E-state index >= 15 is 0 Å². The molecule has 0 heterocycles. The second-order valence-corrected chi connectivity index (χ2v) is 4.39. The van der Waals surface area contributed by atoms with Crippen LogP contribution in [0.1, 0.15) is 12.5 Å². The maximum atomic E-state index is 5.80. The predicted molar refractivity (Wildman–Crippen MR) is 72.1 cm³/mol. The molecule has 0 spiro atoms. The fourth-order valence-corrected chi connectivity index (χ4v) is 2.07. The van der Waals surface area contributed by atoms with E-state index in [-0.39, 0.29) is 0 Å². The SMILES string of the molecule is C=CCN(CCCl)[C@H](C)Cc1ccccc1. The number of alkyl halides is 1. The Kier molecular flexibility index (Phi) is 6.20. The van der Waals surface area contributed by atoms with Gasteiger partial charge >= 0.3 is 0 Å². The molecule has 0 aromatic heterocycles. The number of nitrogens with zero attached hydrogens (tertiary/aromatic N) is 1. The first-order valence-corrected chi connectivity index (χ1v) is 6.26. The molecule has 1 aromatic carbocycles. The molecule has 1 atom stereocenters. The number of rotatable bonds is 7. The summed E-state index contributed by atoms with van der Waals surface area (Å²) in [5, 5.41) is 0. The molecule has 1 rings (SSSR count). The summed E-state index contributed by atoms with van der Waals surface area (Å²) >= 11 is 5.80. The topological polar surface area (TPSA) is 3.24 Å². The molecule has 0 saturated heterocycles. The molecule has 0 bridgehead atoms. The van der Waals surface area contributed by atoms with E-state index in [1.165, 1.54) is 5.56 Å². The summed E-state index contributed by atoms with van der Waals surface area (Å²) in [7, 11) is 0. The van der Waals surface area contributed by atoms with E-state index in [1.807, 2.05) is 6.08 Å². The Labute approximate surface area is 104 Å². The summed E-state index contributed by atoms with van der Waals surface area (Å²) in [6.07, 6.45) is 3.00. The number of hydrogen-bond acceptors (Lipinski definition) is 1. The van der Waals surface area contributed by atoms with E-state index in [4.69, 9.17) is 11.6 Å². The average molecular weight is 238 g/mol. The molecule has 0 radical (unpaired) electrons. The van der Waals surface area contributed by atoms with E-state index in [9.17, 15) is 0 Å². The smallest absolute Gasteiger partial charge is 0.0351 e. The van der Waals surface area contributed by atoms with Gasteiger partial charge in [0.2, 0.25) is 0 Å². The molecular weight excluding hydrogens is 218 g/mol. The van der Waals surface area contributed by atoms with Crippen LogP contribution in [0.4, 0.5) is 0 Å². The number of halogens is 1. The molecule has 0 unspecified atom stereocenters. The van der Waals surface area contributed by atoms with Gasteiger partial charge in [0.1, 0.15) is 0 Å². The molecule has 16 heavy (non-hydrogen) atoms. The first-order valence-electron chi connectivity index (χ1n) is 5.72. The van der Waals surface area contributed by atoms with Gasteiger partial charge in [-0.2, -0.15) is 0 Å². The highest BCUT2D eigenvalue weighted by Crippen LogP contribution is 2.08. The van der Waals surface area contributed by atoms with E-state index in [0.29, 0.717) is 11.9 Å². The van der Waals surface area contributed by atoms with Crippen molar-refractivity contribution in [2.75, 3.05) is 19.0 Å². The van der Waals surface area contributed by atoms with E-state index in [1.54, 1.807) is 0 Å². The molecule has 2 heteroatoms. The van der Waals surface area contributed by atoms with Gasteiger partial charge < -0.3 is 0 Å². The van der Waals surface area contributed by atoms with Gasteiger partial charge in [0.05, 0.1) is 0 Å². The molecule has 0 aliphatic heterocycles. The number of benzene rings is 1. The maximum absolute atomic E-state index is 5.80. The fraction of sp³-hybridized carbons (Fsp3) is 0.429. The van der Waals surface area contributed by atoms with Crippen LogP contribution in [-0.4, -0.2) is 29.9 Å². The third-order valence-electron chi connectivity index (χ3n) is 2.73. The molecule has 0 aliphatic rings. The van der Waals surface area contributed by atoms with Crippen molar-refractivity contribution in [2.24, 2.45) is 0 Å². The van der Waals surface area contributed by atoms with Crippen molar-refractivity contribution in [3.05, 3.63) is 48.6 Å².